The van der Waals surface area contributed by atoms with Crippen molar-refractivity contribution < 1.29 is 9.47 Å². The van der Waals surface area contributed by atoms with Crippen LogP contribution in [0.25, 0.3) is 11.8 Å². The van der Waals surface area contributed by atoms with Crippen LogP contribution in [0.3, 0.4) is 0 Å². The average molecular weight is 543 g/mol. The van der Waals surface area contributed by atoms with Gasteiger partial charge in [-0.15, -0.1) is 0 Å². The molecule has 1 fully saturated rings. The monoisotopic (exact) mass is 542 g/mol. The molecule has 0 bridgehead atoms. The van der Waals surface area contributed by atoms with E-state index in [0.717, 1.165) is 46.4 Å². The number of rotatable bonds is 9. The lowest BCUT2D eigenvalue weighted by Crippen LogP contribution is -2.26. The maximum absolute atomic E-state index is 14.0. The smallest absolute Gasteiger partial charge is 0.333 e. The molecule has 1 aromatic heterocycles. The van der Waals surface area contributed by atoms with Crippen molar-refractivity contribution in [3.05, 3.63) is 154 Å². The van der Waals surface area contributed by atoms with Crippen molar-refractivity contribution in [2.75, 3.05) is 7.11 Å². The molecule has 1 aliphatic rings. The zero-order chi connectivity index (χ0) is 28.0. The predicted octanol–water partition coefficient (Wildman–Crippen LogP) is 7.66. The van der Waals surface area contributed by atoms with E-state index in [1.807, 2.05) is 91.4 Å². The van der Waals surface area contributed by atoms with E-state index in [2.05, 4.69) is 36.4 Å². The molecule has 1 heterocycles. The Balaban J connectivity index is 1.45. The molecule has 0 amide bonds. The summed E-state index contributed by atoms with van der Waals surface area (Å²) in [6.07, 6.45) is 10.3. The number of imidazole rings is 1. The molecule has 1 saturated carbocycles. The average Bonchev–Trinajstić information content (AvgIpc) is 3.67. The molecule has 5 nitrogen and oxygen atoms in total. The predicted molar refractivity (Wildman–Crippen MR) is 164 cm³/mol. The highest BCUT2D eigenvalue weighted by Gasteiger charge is 2.21. The summed E-state index contributed by atoms with van der Waals surface area (Å²) in [5.74, 6) is 1.45. The van der Waals surface area contributed by atoms with E-state index >= 15 is 0 Å². The number of hydrogen-bond donors (Lipinski definition) is 0. The maximum atomic E-state index is 14.0. The van der Waals surface area contributed by atoms with Gasteiger partial charge in [0.05, 0.1) is 19.3 Å². The lowest BCUT2D eigenvalue weighted by Gasteiger charge is -2.19. The third-order valence-electron chi connectivity index (χ3n) is 7.76. The fourth-order valence-corrected chi connectivity index (χ4v) is 5.68. The van der Waals surface area contributed by atoms with E-state index in [0.29, 0.717) is 5.75 Å². The summed E-state index contributed by atoms with van der Waals surface area (Å²) in [6, 6.07) is 36.2. The number of hydrogen-bond acceptors (Lipinski definition) is 3. The zero-order valence-corrected chi connectivity index (χ0v) is 23.2. The number of benzene rings is 4. The molecule has 0 saturated heterocycles. The van der Waals surface area contributed by atoms with Gasteiger partial charge >= 0.3 is 5.69 Å². The molecular formula is C36H34N2O3. The van der Waals surface area contributed by atoms with Gasteiger partial charge in [0.2, 0.25) is 0 Å². The summed E-state index contributed by atoms with van der Waals surface area (Å²) < 4.78 is 15.5. The minimum absolute atomic E-state index is 0.118. The van der Waals surface area contributed by atoms with Crippen LogP contribution in [-0.4, -0.2) is 22.3 Å². The first-order valence-electron chi connectivity index (χ1n) is 14.2. The standard InChI is InChI=1S/C36H34N2O3/c1-40-33-22-21-30(25-34(33)41-31-19-11-12-20-31)32(27-13-5-2-6-14-27)26-37-23-24-38(36(37)39)35(28-15-7-3-8-16-28)29-17-9-4-10-18-29/h2-10,13-18,21-26,31,35H,11-12,19-20H2,1H3/b32-26+. The molecule has 0 N–H and O–H groups in total. The summed E-state index contributed by atoms with van der Waals surface area (Å²) in [6.45, 7) is 0. The van der Waals surface area contributed by atoms with Gasteiger partial charge in [0.15, 0.2) is 11.5 Å². The Morgan fingerprint density at radius 1 is 0.756 bits per heavy atom. The Kier molecular flexibility index (Phi) is 7.85. The maximum Gasteiger partial charge on any atom is 0.333 e. The normalized spacial score (nSPS) is 14.0. The molecule has 0 radical (unpaired) electrons. The van der Waals surface area contributed by atoms with E-state index < -0.39 is 0 Å². The number of aromatic nitrogens is 2. The third kappa shape index (κ3) is 5.75. The van der Waals surface area contributed by atoms with Crippen LogP contribution in [0.5, 0.6) is 11.5 Å². The topological polar surface area (TPSA) is 45.4 Å². The highest BCUT2D eigenvalue weighted by molar-refractivity contribution is 5.88. The van der Waals surface area contributed by atoms with Gasteiger partial charge in [-0.1, -0.05) is 97.1 Å². The molecular weight excluding hydrogens is 508 g/mol. The van der Waals surface area contributed by atoms with Crippen LogP contribution in [0.15, 0.2) is 126 Å². The van der Waals surface area contributed by atoms with E-state index in [1.165, 1.54) is 12.8 Å². The van der Waals surface area contributed by atoms with Gasteiger partial charge in [0, 0.05) is 24.2 Å². The van der Waals surface area contributed by atoms with Gasteiger partial charge in [0.25, 0.3) is 0 Å². The van der Waals surface area contributed by atoms with Crippen molar-refractivity contribution in [2.24, 2.45) is 0 Å². The minimum Gasteiger partial charge on any atom is -0.493 e. The largest absolute Gasteiger partial charge is 0.493 e. The molecule has 1 aliphatic carbocycles. The summed E-state index contributed by atoms with van der Waals surface area (Å²) >= 11 is 0. The number of ether oxygens (including phenoxy) is 2. The van der Waals surface area contributed by atoms with Crippen LogP contribution in [-0.2, 0) is 0 Å². The second-order valence-corrected chi connectivity index (χ2v) is 10.4. The van der Waals surface area contributed by atoms with Gasteiger partial charge in [-0.05, 0) is 60.1 Å². The Bertz CT molecular complexity index is 1630. The molecule has 41 heavy (non-hydrogen) atoms. The van der Waals surface area contributed by atoms with Crippen molar-refractivity contribution in [3.63, 3.8) is 0 Å². The van der Waals surface area contributed by atoms with Crippen molar-refractivity contribution in [2.45, 2.75) is 37.8 Å². The van der Waals surface area contributed by atoms with Crippen molar-refractivity contribution in [3.8, 4) is 11.5 Å². The fourth-order valence-electron chi connectivity index (χ4n) is 5.68. The van der Waals surface area contributed by atoms with Gasteiger partial charge in [0.1, 0.15) is 0 Å². The quantitative estimate of drug-likeness (QED) is 0.192. The first-order valence-corrected chi connectivity index (χ1v) is 14.2. The molecule has 4 aromatic carbocycles. The van der Waals surface area contributed by atoms with E-state index in [1.54, 1.807) is 16.2 Å². The lowest BCUT2D eigenvalue weighted by molar-refractivity contribution is 0.201. The van der Waals surface area contributed by atoms with E-state index in [4.69, 9.17) is 9.47 Å². The van der Waals surface area contributed by atoms with Crippen LogP contribution in [0.2, 0.25) is 0 Å². The van der Waals surface area contributed by atoms with Crippen LogP contribution in [0.4, 0.5) is 0 Å². The Morgan fingerprint density at radius 2 is 1.37 bits per heavy atom. The van der Waals surface area contributed by atoms with E-state index in [9.17, 15) is 4.79 Å². The van der Waals surface area contributed by atoms with Crippen molar-refractivity contribution in [1.29, 1.82) is 0 Å². The number of methoxy groups -OCH3 is 1. The van der Waals surface area contributed by atoms with Crippen LogP contribution in [0.1, 0.15) is 54.0 Å². The molecule has 5 heteroatoms. The summed E-state index contributed by atoms with van der Waals surface area (Å²) in [7, 11) is 1.67. The molecule has 0 atom stereocenters. The first-order chi connectivity index (χ1) is 20.2. The molecule has 0 unspecified atom stereocenters. The zero-order valence-electron chi connectivity index (χ0n) is 23.2. The second kappa shape index (κ2) is 12.2. The first kappa shape index (κ1) is 26.5. The van der Waals surface area contributed by atoms with Crippen LogP contribution >= 0.6 is 0 Å². The highest BCUT2D eigenvalue weighted by Crippen LogP contribution is 2.36. The lowest BCUT2D eigenvalue weighted by atomic mass is 9.98. The fraction of sp³-hybridized carbons (Fsp3) is 0.194. The SMILES string of the molecule is COc1ccc(/C(=C/n2ccn(C(c3ccccc3)c3ccccc3)c2=O)c2ccccc2)cc1OC1CCCC1. The number of nitrogens with zero attached hydrogens (tertiary/aromatic N) is 2. The van der Waals surface area contributed by atoms with Gasteiger partial charge in [-0.3, -0.25) is 9.13 Å². The molecule has 0 aliphatic heterocycles. The van der Waals surface area contributed by atoms with Crippen molar-refractivity contribution in [1.82, 2.24) is 9.13 Å². The summed E-state index contributed by atoms with van der Waals surface area (Å²) in [5, 5.41) is 0. The molecule has 0 spiro atoms. The van der Waals surface area contributed by atoms with Gasteiger partial charge in [-0.2, -0.15) is 0 Å². The highest BCUT2D eigenvalue weighted by atomic mass is 16.5. The Hall–Kier alpha value is -4.77. The molecule has 5 aromatic rings. The Labute approximate surface area is 240 Å². The summed E-state index contributed by atoms with van der Waals surface area (Å²) in [5.41, 5.74) is 4.86. The van der Waals surface area contributed by atoms with Gasteiger partial charge < -0.3 is 9.47 Å². The molecule has 206 valence electrons. The minimum atomic E-state index is -0.243. The second-order valence-electron chi connectivity index (χ2n) is 10.4. The summed E-state index contributed by atoms with van der Waals surface area (Å²) in [4.78, 5) is 14.0. The Morgan fingerprint density at radius 3 is 1.98 bits per heavy atom. The molecule has 6 rings (SSSR count). The van der Waals surface area contributed by atoms with Crippen LogP contribution < -0.4 is 15.2 Å². The third-order valence-corrected chi connectivity index (χ3v) is 7.76. The van der Waals surface area contributed by atoms with E-state index in [-0.39, 0.29) is 17.8 Å². The van der Waals surface area contributed by atoms with Gasteiger partial charge in [-0.25, -0.2) is 4.79 Å². The van der Waals surface area contributed by atoms with Crippen LogP contribution in [0, 0.1) is 0 Å². The van der Waals surface area contributed by atoms with Crippen molar-refractivity contribution >= 4 is 11.8 Å².